The van der Waals surface area contributed by atoms with Crippen LogP contribution in [0.15, 0.2) is 0 Å². The lowest BCUT2D eigenvalue weighted by Crippen LogP contribution is -2.46. The molecule has 3 aliphatic heterocycles. The van der Waals surface area contributed by atoms with Crippen molar-refractivity contribution in [1.29, 1.82) is 0 Å². The Labute approximate surface area is 145 Å². The highest BCUT2D eigenvalue weighted by molar-refractivity contribution is 5.87. The maximum atomic E-state index is 13.1. The lowest BCUT2D eigenvalue weighted by atomic mass is 10.0. The Balaban J connectivity index is 1.82. The van der Waals surface area contributed by atoms with Gasteiger partial charge in [0.2, 0.25) is 0 Å². The van der Waals surface area contributed by atoms with Crippen molar-refractivity contribution >= 4 is 12.1 Å². The zero-order valence-electron chi connectivity index (χ0n) is 15.7. The van der Waals surface area contributed by atoms with Crippen molar-refractivity contribution in [2.24, 2.45) is 5.92 Å². The third-order valence-electron chi connectivity index (χ3n) is 6.31. The molecule has 0 spiro atoms. The molecular weight excluding hydrogens is 304 g/mol. The minimum absolute atomic E-state index is 0.0894. The lowest BCUT2D eigenvalue weighted by molar-refractivity contribution is 0.130. The molecule has 0 bridgehead atoms. The Hall–Kier alpha value is -1.46. The SMILES string of the molecule is CC[C@H](C)CCCN1C(=O)N2C3C1N(CC)C(=O)N3[C@H](C)[C@@H]2CC. The predicted octanol–water partition coefficient (Wildman–Crippen LogP) is 3.14. The van der Waals surface area contributed by atoms with Gasteiger partial charge in [-0.3, -0.25) is 14.7 Å². The first kappa shape index (κ1) is 17.4. The number of amides is 4. The van der Waals surface area contributed by atoms with E-state index in [9.17, 15) is 9.59 Å². The number of likely N-dealkylation sites (N-methyl/N-ethyl adjacent to an activating group) is 1. The van der Waals surface area contributed by atoms with E-state index in [1.807, 2.05) is 26.5 Å². The standard InChI is InChI=1S/C18H32N4O2/c1-6-12(4)10-9-11-20-15-16-21(17(23)19(15)8-3)13(5)14(7-2)22(16)18(20)24/h12-16H,6-11H2,1-5H3/t12-,13+,14-,15?,16?/m0/s1. The molecule has 3 saturated heterocycles. The van der Waals surface area contributed by atoms with E-state index in [1.165, 1.54) is 6.42 Å². The molecule has 0 aromatic heterocycles. The van der Waals surface area contributed by atoms with Gasteiger partial charge in [0.05, 0.1) is 12.1 Å². The zero-order chi connectivity index (χ0) is 17.6. The van der Waals surface area contributed by atoms with Crippen LogP contribution in [0, 0.1) is 5.92 Å². The van der Waals surface area contributed by atoms with Gasteiger partial charge in [0.15, 0.2) is 6.17 Å². The van der Waals surface area contributed by atoms with Gasteiger partial charge < -0.3 is 4.90 Å². The number of nitrogens with zero attached hydrogens (tertiary/aromatic N) is 4. The summed E-state index contributed by atoms with van der Waals surface area (Å²) in [7, 11) is 0. The van der Waals surface area contributed by atoms with Crippen molar-refractivity contribution in [2.75, 3.05) is 13.1 Å². The van der Waals surface area contributed by atoms with Crippen molar-refractivity contribution in [1.82, 2.24) is 19.6 Å². The van der Waals surface area contributed by atoms with Crippen LogP contribution in [-0.2, 0) is 0 Å². The van der Waals surface area contributed by atoms with E-state index in [-0.39, 0.29) is 36.5 Å². The van der Waals surface area contributed by atoms with Crippen LogP contribution in [0.25, 0.3) is 0 Å². The van der Waals surface area contributed by atoms with Gasteiger partial charge in [0.25, 0.3) is 0 Å². The van der Waals surface area contributed by atoms with Crippen LogP contribution in [0.1, 0.15) is 60.3 Å². The molecule has 5 atom stereocenters. The number of carbonyl (C=O) groups is 2. The Morgan fingerprint density at radius 2 is 1.67 bits per heavy atom. The summed E-state index contributed by atoms with van der Waals surface area (Å²) in [4.78, 5) is 33.7. The molecule has 0 aromatic rings. The Morgan fingerprint density at radius 3 is 2.25 bits per heavy atom. The summed E-state index contributed by atoms with van der Waals surface area (Å²) in [5.74, 6) is 0.690. The molecule has 24 heavy (non-hydrogen) atoms. The van der Waals surface area contributed by atoms with E-state index in [0.717, 1.165) is 25.8 Å². The summed E-state index contributed by atoms with van der Waals surface area (Å²) in [6.07, 6.45) is 4.02. The molecule has 0 N–H and O–H groups in total. The molecule has 6 heteroatoms. The van der Waals surface area contributed by atoms with Gasteiger partial charge in [-0.05, 0) is 39.0 Å². The van der Waals surface area contributed by atoms with Crippen LogP contribution >= 0.6 is 0 Å². The van der Waals surface area contributed by atoms with Gasteiger partial charge in [-0.1, -0.05) is 27.2 Å². The molecule has 0 aromatic carbocycles. The maximum absolute atomic E-state index is 13.1. The van der Waals surface area contributed by atoms with E-state index >= 15 is 0 Å². The molecule has 3 rings (SSSR count). The Morgan fingerprint density at radius 1 is 1.00 bits per heavy atom. The van der Waals surface area contributed by atoms with Crippen LogP contribution in [0.5, 0.6) is 0 Å². The maximum Gasteiger partial charge on any atom is 0.323 e. The first-order chi connectivity index (χ1) is 11.5. The van der Waals surface area contributed by atoms with E-state index in [0.29, 0.717) is 12.5 Å². The number of carbonyl (C=O) groups excluding carboxylic acids is 2. The smallest absolute Gasteiger partial charge is 0.300 e. The third-order valence-corrected chi connectivity index (χ3v) is 6.31. The fourth-order valence-corrected chi connectivity index (χ4v) is 4.73. The molecular formula is C18H32N4O2. The molecule has 4 amide bonds. The van der Waals surface area contributed by atoms with Crippen LogP contribution < -0.4 is 0 Å². The fourth-order valence-electron chi connectivity index (χ4n) is 4.73. The summed E-state index contributed by atoms with van der Waals surface area (Å²) >= 11 is 0. The minimum atomic E-state index is -0.106. The average Bonchev–Trinajstić information content (AvgIpc) is 3.12. The lowest BCUT2D eigenvalue weighted by Gasteiger charge is -2.28. The number of rotatable bonds is 7. The Bertz CT molecular complexity index is 511. The number of hydrogen-bond acceptors (Lipinski definition) is 2. The predicted molar refractivity (Wildman–Crippen MR) is 93.4 cm³/mol. The largest absolute Gasteiger partial charge is 0.323 e. The van der Waals surface area contributed by atoms with E-state index in [4.69, 9.17) is 0 Å². The summed E-state index contributed by atoms with van der Waals surface area (Å²) in [6.45, 7) is 12.1. The highest BCUT2D eigenvalue weighted by atomic mass is 16.2. The topological polar surface area (TPSA) is 47.1 Å². The molecule has 136 valence electrons. The summed E-state index contributed by atoms with van der Waals surface area (Å²) in [6, 6.07) is 0.479. The Kier molecular flexibility index (Phi) is 4.67. The first-order valence-electron chi connectivity index (χ1n) is 9.65. The molecule has 0 aliphatic carbocycles. The third kappa shape index (κ3) is 2.29. The average molecular weight is 336 g/mol. The quantitative estimate of drug-likeness (QED) is 0.717. The normalized spacial score (nSPS) is 33.0. The molecule has 6 nitrogen and oxygen atoms in total. The summed E-state index contributed by atoms with van der Waals surface area (Å²) < 4.78 is 0. The zero-order valence-corrected chi connectivity index (χ0v) is 15.7. The van der Waals surface area contributed by atoms with Crippen molar-refractivity contribution in [3.63, 3.8) is 0 Å². The van der Waals surface area contributed by atoms with Crippen LogP contribution in [0.4, 0.5) is 9.59 Å². The summed E-state index contributed by atoms with van der Waals surface area (Å²) in [5, 5.41) is 0. The first-order valence-corrected chi connectivity index (χ1v) is 9.65. The second-order valence-corrected chi connectivity index (χ2v) is 7.56. The molecule has 0 saturated carbocycles. The second-order valence-electron chi connectivity index (χ2n) is 7.56. The molecule has 2 unspecified atom stereocenters. The second kappa shape index (κ2) is 6.45. The molecule has 0 radical (unpaired) electrons. The number of urea groups is 2. The van der Waals surface area contributed by atoms with Gasteiger partial charge in [-0.25, -0.2) is 9.59 Å². The van der Waals surface area contributed by atoms with E-state index in [1.54, 1.807) is 0 Å². The number of hydrogen-bond donors (Lipinski definition) is 0. The van der Waals surface area contributed by atoms with E-state index < -0.39 is 0 Å². The highest BCUT2D eigenvalue weighted by Crippen LogP contribution is 2.44. The van der Waals surface area contributed by atoms with Gasteiger partial charge in [-0.15, -0.1) is 0 Å². The molecule has 3 aliphatic rings. The van der Waals surface area contributed by atoms with Crippen LogP contribution in [-0.4, -0.2) is 69.2 Å². The van der Waals surface area contributed by atoms with Crippen LogP contribution in [0.3, 0.4) is 0 Å². The highest BCUT2D eigenvalue weighted by Gasteiger charge is 2.65. The van der Waals surface area contributed by atoms with Crippen molar-refractivity contribution < 1.29 is 9.59 Å². The van der Waals surface area contributed by atoms with Crippen molar-refractivity contribution in [3.05, 3.63) is 0 Å². The van der Waals surface area contributed by atoms with E-state index in [2.05, 4.69) is 27.7 Å². The molecule has 3 fully saturated rings. The fraction of sp³-hybridized carbons (Fsp3) is 0.889. The van der Waals surface area contributed by atoms with Gasteiger partial charge in [0, 0.05) is 13.1 Å². The van der Waals surface area contributed by atoms with Gasteiger partial charge >= 0.3 is 12.1 Å². The van der Waals surface area contributed by atoms with Gasteiger partial charge in [-0.2, -0.15) is 0 Å². The monoisotopic (exact) mass is 336 g/mol. The van der Waals surface area contributed by atoms with Crippen molar-refractivity contribution in [2.45, 2.75) is 84.7 Å². The summed E-state index contributed by atoms with van der Waals surface area (Å²) in [5.41, 5.74) is 0. The van der Waals surface area contributed by atoms with Crippen molar-refractivity contribution in [3.8, 4) is 0 Å². The minimum Gasteiger partial charge on any atom is -0.300 e. The van der Waals surface area contributed by atoms with Crippen LogP contribution in [0.2, 0.25) is 0 Å². The molecule has 3 heterocycles. The van der Waals surface area contributed by atoms with Gasteiger partial charge in [0.1, 0.15) is 6.17 Å².